The summed E-state index contributed by atoms with van der Waals surface area (Å²) >= 11 is 0. The second kappa shape index (κ2) is 5.46. The third-order valence-corrected chi connectivity index (χ3v) is 3.48. The molecule has 0 radical (unpaired) electrons. The van der Waals surface area contributed by atoms with E-state index in [1.165, 1.54) is 36.9 Å². The van der Waals surface area contributed by atoms with Crippen molar-refractivity contribution in [2.24, 2.45) is 0 Å². The van der Waals surface area contributed by atoms with Gasteiger partial charge in [-0.3, -0.25) is 0 Å². The highest BCUT2D eigenvalue weighted by molar-refractivity contribution is 5.25. The van der Waals surface area contributed by atoms with Crippen molar-refractivity contribution in [3.8, 4) is 0 Å². The summed E-state index contributed by atoms with van der Waals surface area (Å²) in [6, 6.07) is 9.99. The van der Waals surface area contributed by atoms with E-state index in [4.69, 9.17) is 0 Å². The predicted octanol–water partition coefficient (Wildman–Crippen LogP) is 2.40. The fourth-order valence-corrected chi connectivity index (χ4v) is 2.55. The second-order valence-electron chi connectivity index (χ2n) is 4.78. The van der Waals surface area contributed by atoms with E-state index in [2.05, 4.69) is 48.9 Å². The topological polar surface area (TPSA) is 24.1 Å². The van der Waals surface area contributed by atoms with E-state index < -0.39 is 0 Å². The maximum absolute atomic E-state index is 3.57. The van der Waals surface area contributed by atoms with Crippen molar-refractivity contribution in [3.05, 3.63) is 35.4 Å². The highest BCUT2D eigenvalue weighted by Crippen LogP contribution is 2.22. The third kappa shape index (κ3) is 2.83. The maximum Gasteiger partial charge on any atom is 0.0332 e. The standard InChI is InChI=1S/C14H22N2/c1-11-5-3-6-12(9-11)14(15-2)10-13-7-4-8-16-13/h3,5-6,9,13-16H,4,7-8,10H2,1-2H3. The van der Waals surface area contributed by atoms with E-state index in [1.54, 1.807) is 0 Å². The lowest BCUT2D eigenvalue weighted by Crippen LogP contribution is -2.28. The summed E-state index contributed by atoms with van der Waals surface area (Å²) < 4.78 is 0. The third-order valence-electron chi connectivity index (χ3n) is 3.48. The minimum Gasteiger partial charge on any atom is -0.314 e. The number of nitrogens with one attached hydrogen (secondary N) is 2. The molecule has 0 spiro atoms. The van der Waals surface area contributed by atoms with Gasteiger partial charge in [0.2, 0.25) is 0 Å². The zero-order valence-electron chi connectivity index (χ0n) is 10.3. The molecule has 0 saturated carbocycles. The highest BCUT2D eigenvalue weighted by Gasteiger charge is 2.19. The minimum atomic E-state index is 0.482. The molecule has 1 saturated heterocycles. The summed E-state index contributed by atoms with van der Waals surface area (Å²) in [6.45, 7) is 3.35. The van der Waals surface area contributed by atoms with E-state index in [-0.39, 0.29) is 0 Å². The molecule has 88 valence electrons. The van der Waals surface area contributed by atoms with Crippen LogP contribution in [0.4, 0.5) is 0 Å². The van der Waals surface area contributed by atoms with Gasteiger partial charge in [-0.05, 0) is 45.3 Å². The number of rotatable bonds is 4. The Morgan fingerprint density at radius 1 is 1.50 bits per heavy atom. The van der Waals surface area contributed by atoms with Crippen molar-refractivity contribution >= 4 is 0 Å². The summed E-state index contributed by atoms with van der Waals surface area (Å²) in [5, 5.41) is 7.00. The molecule has 16 heavy (non-hydrogen) atoms. The largest absolute Gasteiger partial charge is 0.314 e. The smallest absolute Gasteiger partial charge is 0.0332 e. The van der Waals surface area contributed by atoms with E-state index in [0.29, 0.717) is 12.1 Å². The Hall–Kier alpha value is -0.860. The van der Waals surface area contributed by atoms with E-state index >= 15 is 0 Å². The molecule has 2 heteroatoms. The quantitative estimate of drug-likeness (QED) is 0.811. The van der Waals surface area contributed by atoms with Crippen LogP contribution in [0.3, 0.4) is 0 Å². The average molecular weight is 218 g/mol. The van der Waals surface area contributed by atoms with E-state index in [1.807, 2.05) is 0 Å². The molecule has 0 aliphatic carbocycles. The Kier molecular flexibility index (Phi) is 3.97. The van der Waals surface area contributed by atoms with Gasteiger partial charge >= 0.3 is 0 Å². The van der Waals surface area contributed by atoms with Gasteiger partial charge in [0.05, 0.1) is 0 Å². The van der Waals surface area contributed by atoms with Crippen molar-refractivity contribution in [1.29, 1.82) is 0 Å². The number of aryl methyl sites for hydroxylation is 1. The fourth-order valence-electron chi connectivity index (χ4n) is 2.55. The molecule has 1 aromatic rings. The van der Waals surface area contributed by atoms with E-state index in [0.717, 1.165) is 0 Å². The maximum atomic E-state index is 3.57. The molecule has 1 fully saturated rings. The summed E-state index contributed by atoms with van der Waals surface area (Å²) in [5.41, 5.74) is 2.76. The van der Waals surface area contributed by atoms with Gasteiger partial charge in [0, 0.05) is 12.1 Å². The van der Waals surface area contributed by atoms with Crippen LogP contribution >= 0.6 is 0 Å². The predicted molar refractivity (Wildman–Crippen MR) is 68.6 cm³/mol. The van der Waals surface area contributed by atoms with Crippen LogP contribution in [0.1, 0.15) is 36.4 Å². The molecule has 1 aliphatic rings. The van der Waals surface area contributed by atoms with Crippen molar-refractivity contribution in [1.82, 2.24) is 10.6 Å². The Morgan fingerprint density at radius 2 is 2.38 bits per heavy atom. The first-order valence-electron chi connectivity index (χ1n) is 6.27. The zero-order chi connectivity index (χ0) is 11.4. The summed E-state index contributed by atoms with van der Waals surface area (Å²) in [5.74, 6) is 0. The summed E-state index contributed by atoms with van der Waals surface area (Å²) in [4.78, 5) is 0. The van der Waals surface area contributed by atoms with Crippen LogP contribution in [-0.4, -0.2) is 19.6 Å². The lowest BCUT2D eigenvalue weighted by Gasteiger charge is -2.21. The Labute approximate surface area is 98.4 Å². The second-order valence-corrected chi connectivity index (χ2v) is 4.78. The number of benzene rings is 1. The lowest BCUT2D eigenvalue weighted by atomic mass is 9.97. The zero-order valence-corrected chi connectivity index (χ0v) is 10.3. The van der Waals surface area contributed by atoms with Crippen molar-refractivity contribution in [3.63, 3.8) is 0 Å². The molecule has 0 amide bonds. The molecule has 1 heterocycles. The Bertz CT molecular complexity index is 329. The molecule has 2 rings (SSSR count). The first-order valence-corrected chi connectivity index (χ1v) is 6.27. The van der Waals surface area contributed by atoms with Gasteiger partial charge in [0.25, 0.3) is 0 Å². The van der Waals surface area contributed by atoms with Crippen molar-refractivity contribution < 1.29 is 0 Å². The molecule has 1 aromatic carbocycles. The monoisotopic (exact) mass is 218 g/mol. The van der Waals surface area contributed by atoms with E-state index in [9.17, 15) is 0 Å². The normalized spacial score (nSPS) is 22.2. The SMILES string of the molecule is CNC(CC1CCCN1)c1cccc(C)c1. The van der Waals surface area contributed by atoms with Crippen LogP contribution < -0.4 is 10.6 Å². The molecular formula is C14H22N2. The average Bonchev–Trinajstić information content (AvgIpc) is 2.78. The van der Waals surface area contributed by atoms with Crippen molar-refractivity contribution in [2.45, 2.75) is 38.3 Å². The number of hydrogen-bond donors (Lipinski definition) is 2. The van der Waals surface area contributed by atoms with Crippen LogP contribution in [-0.2, 0) is 0 Å². The van der Waals surface area contributed by atoms with Crippen LogP contribution in [0.5, 0.6) is 0 Å². The number of hydrogen-bond acceptors (Lipinski definition) is 2. The summed E-state index contributed by atoms with van der Waals surface area (Å²) in [6.07, 6.45) is 3.85. The van der Waals surface area contributed by atoms with Crippen LogP contribution in [0.2, 0.25) is 0 Å². The van der Waals surface area contributed by atoms with Gasteiger partial charge in [-0.1, -0.05) is 29.8 Å². The van der Waals surface area contributed by atoms with Gasteiger partial charge in [0.15, 0.2) is 0 Å². The first kappa shape index (κ1) is 11.6. The Morgan fingerprint density at radius 3 is 3.00 bits per heavy atom. The fraction of sp³-hybridized carbons (Fsp3) is 0.571. The highest BCUT2D eigenvalue weighted by atomic mass is 15.0. The first-order chi connectivity index (χ1) is 7.79. The molecule has 2 nitrogen and oxygen atoms in total. The molecule has 0 bridgehead atoms. The van der Waals surface area contributed by atoms with Gasteiger partial charge in [-0.15, -0.1) is 0 Å². The summed E-state index contributed by atoms with van der Waals surface area (Å²) in [7, 11) is 2.06. The molecule has 2 atom stereocenters. The van der Waals surface area contributed by atoms with Gasteiger partial charge in [-0.2, -0.15) is 0 Å². The molecular weight excluding hydrogens is 196 g/mol. The lowest BCUT2D eigenvalue weighted by molar-refractivity contribution is 0.453. The molecule has 1 aliphatic heterocycles. The molecule has 0 aromatic heterocycles. The van der Waals surface area contributed by atoms with Gasteiger partial charge in [-0.25, -0.2) is 0 Å². The molecule has 2 unspecified atom stereocenters. The van der Waals surface area contributed by atoms with Gasteiger partial charge < -0.3 is 10.6 Å². The van der Waals surface area contributed by atoms with Crippen molar-refractivity contribution in [2.75, 3.05) is 13.6 Å². The van der Waals surface area contributed by atoms with Crippen LogP contribution in [0.25, 0.3) is 0 Å². The Balaban J connectivity index is 2.03. The minimum absolute atomic E-state index is 0.482. The van der Waals surface area contributed by atoms with Gasteiger partial charge in [0.1, 0.15) is 0 Å². The van der Waals surface area contributed by atoms with Crippen LogP contribution in [0.15, 0.2) is 24.3 Å². The van der Waals surface area contributed by atoms with Crippen LogP contribution in [0, 0.1) is 6.92 Å². The molecule has 2 N–H and O–H groups in total.